The van der Waals surface area contributed by atoms with Crippen LogP contribution >= 0.6 is 0 Å². The van der Waals surface area contributed by atoms with E-state index in [0.29, 0.717) is 3.67 Å². The van der Waals surface area contributed by atoms with Crippen LogP contribution in [-0.2, 0) is 24.4 Å². The van der Waals surface area contributed by atoms with Gasteiger partial charge in [0, 0.05) is 0 Å². The molecule has 0 radical (unpaired) electrons. The maximum atomic E-state index is 3.98. The molecule has 138 valence electrons. The molecule has 0 saturated heterocycles. The summed E-state index contributed by atoms with van der Waals surface area (Å²) in [4.78, 5) is 0. The molecule has 0 spiro atoms. The van der Waals surface area contributed by atoms with Gasteiger partial charge in [-0.2, -0.15) is 0 Å². The number of allylic oxidation sites excluding steroid dienone is 5. The van der Waals surface area contributed by atoms with Gasteiger partial charge in [-0.15, -0.1) is 0 Å². The van der Waals surface area contributed by atoms with Crippen LogP contribution in [0.5, 0.6) is 0 Å². The quantitative estimate of drug-likeness (QED) is 0.258. The van der Waals surface area contributed by atoms with Gasteiger partial charge in [-0.3, -0.25) is 0 Å². The van der Waals surface area contributed by atoms with Gasteiger partial charge in [0.05, 0.1) is 0 Å². The zero-order valence-corrected chi connectivity index (χ0v) is 20.4. The molecule has 4 rings (SSSR count). The van der Waals surface area contributed by atoms with E-state index in [1.807, 2.05) is 0 Å². The van der Waals surface area contributed by atoms with Gasteiger partial charge < -0.3 is 0 Å². The minimum atomic E-state index is -3.61. The second-order valence-corrected chi connectivity index (χ2v) is 34.4. The fraction of sp³-hybridized carbons (Fsp3) is 0.269. The summed E-state index contributed by atoms with van der Waals surface area (Å²) in [5, 5.41) is 0. The molecular formula is C26H30Hf. The van der Waals surface area contributed by atoms with E-state index in [1.54, 1.807) is 12.1 Å². The zero-order valence-electron chi connectivity index (χ0n) is 16.8. The van der Waals surface area contributed by atoms with Crippen molar-refractivity contribution in [3.8, 4) is 11.1 Å². The molecule has 2 aliphatic carbocycles. The topological polar surface area (TPSA) is 0 Å². The van der Waals surface area contributed by atoms with Gasteiger partial charge in [-0.25, -0.2) is 0 Å². The van der Waals surface area contributed by atoms with Crippen molar-refractivity contribution in [2.45, 2.75) is 39.2 Å². The van der Waals surface area contributed by atoms with E-state index >= 15 is 0 Å². The molecule has 0 N–H and O–H groups in total. The number of hydrogen-bond acceptors (Lipinski definition) is 0. The number of hydrogen-bond donors (Lipinski definition) is 0. The Morgan fingerprint density at radius 1 is 1.04 bits per heavy atom. The van der Waals surface area contributed by atoms with Crippen molar-refractivity contribution in [2.75, 3.05) is 0 Å². The molecule has 0 aliphatic heterocycles. The summed E-state index contributed by atoms with van der Waals surface area (Å²) in [7, 11) is 0. The molecule has 0 nitrogen and oxygen atoms in total. The summed E-state index contributed by atoms with van der Waals surface area (Å²) in [6, 6.07) is 16.1. The first kappa shape index (κ1) is 18.7. The van der Waals surface area contributed by atoms with Crippen molar-refractivity contribution in [3.05, 3.63) is 90.6 Å². The van der Waals surface area contributed by atoms with Gasteiger partial charge in [0.2, 0.25) is 0 Å². The van der Waals surface area contributed by atoms with Crippen LogP contribution in [0.3, 0.4) is 0 Å². The predicted octanol–water partition coefficient (Wildman–Crippen LogP) is 6.74. The monoisotopic (exact) mass is 522 g/mol. The second kappa shape index (κ2) is 6.78. The molecule has 0 aromatic heterocycles. The molecule has 0 bridgehead atoms. The SMILES string of the molecule is C=CCC[C](C)=[Hf]([CH3])([CH3])([c]1cccc2c1Cc1ccccc1-2)[CH]1C=CC=C1. The number of benzene rings is 2. The fourth-order valence-electron chi connectivity index (χ4n) is 5.28. The van der Waals surface area contributed by atoms with E-state index in [0.717, 1.165) is 12.8 Å². The fourth-order valence-corrected chi connectivity index (χ4v) is 24.8. The van der Waals surface area contributed by atoms with E-state index in [4.69, 9.17) is 0 Å². The number of fused-ring (bicyclic) bond motifs is 3. The normalized spacial score (nSPS) is 15.7. The third-order valence-corrected chi connectivity index (χ3v) is 34.0. The van der Waals surface area contributed by atoms with E-state index in [2.05, 4.69) is 95.7 Å². The molecule has 0 saturated carbocycles. The van der Waals surface area contributed by atoms with Crippen molar-refractivity contribution in [1.82, 2.24) is 0 Å². The van der Waals surface area contributed by atoms with E-state index in [1.165, 1.54) is 23.1 Å². The first-order chi connectivity index (χ1) is 13.0. The van der Waals surface area contributed by atoms with Crippen molar-refractivity contribution in [2.24, 2.45) is 0 Å². The molecule has 27 heavy (non-hydrogen) atoms. The van der Waals surface area contributed by atoms with Crippen LogP contribution in [0.1, 0.15) is 30.9 Å². The van der Waals surface area contributed by atoms with Crippen molar-refractivity contribution in [3.63, 3.8) is 0 Å². The Kier molecular flexibility index (Phi) is 4.71. The Balaban J connectivity index is 2.01. The summed E-state index contributed by atoms with van der Waals surface area (Å²) in [5.41, 5.74) is 6.00. The molecule has 2 aromatic rings. The van der Waals surface area contributed by atoms with Gasteiger partial charge in [0.1, 0.15) is 0 Å². The zero-order chi connectivity index (χ0) is 19.1. The summed E-state index contributed by atoms with van der Waals surface area (Å²) < 4.78 is 9.39. The Morgan fingerprint density at radius 2 is 1.74 bits per heavy atom. The van der Waals surface area contributed by atoms with Crippen LogP contribution in [-0.4, -0.2) is 3.26 Å². The third-order valence-electron chi connectivity index (χ3n) is 7.46. The van der Waals surface area contributed by atoms with Gasteiger partial charge in [-0.05, 0) is 0 Å². The van der Waals surface area contributed by atoms with Crippen LogP contribution in [0.25, 0.3) is 11.1 Å². The summed E-state index contributed by atoms with van der Waals surface area (Å²) in [6.07, 6.45) is 14.9. The average Bonchev–Trinajstić information content (AvgIpc) is 3.34. The molecule has 0 amide bonds. The molecule has 1 heteroatoms. The Morgan fingerprint density at radius 3 is 2.48 bits per heavy atom. The van der Waals surface area contributed by atoms with E-state index in [-0.39, 0.29) is 0 Å². The van der Waals surface area contributed by atoms with Crippen LogP contribution < -0.4 is 3.32 Å². The Labute approximate surface area is 164 Å². The van der Waals surface area contributed by atoms with Crippen molar-refractivity contribution >= 4 is 6.58 Å². The summed E-state index contributed by atoms with van der Waals surface area (Å²) >= 11 is -3.61. The first-order valence-corrected chi connectivity index (χ1v) is 23.0. The second-order valence-electron chi connectivity index (χ2n) is 9.06. The van der Waals surface area contributed by atoms with Crippen LogP contribution in [0.4, 0.5) is 0 Å². The summed E-state index contributed by atoms with van der Waals surface area (Å²) in [5.74, 6) is 0. The maximum absolute atomic E-state index is 3.98. The van der Waals surface area contributed by atoms with Crippen LogP contribution in [0, 0.1) is 0 Å². The van der Waals surface area contributed by atoms with E-state index < -0.39 is 18.0 Å². The number of rotatable bonds is 5. The molecule has 0 atom stereocenters. The van der Waals surface area contributed by atoms with Crippen molar-refractivity contribution in [1.29, 1.82) is 0 Å². The predicted molar refractivity (Wildman–Crippen MR) is 118 cm³/mol. The van der Waals surface area contributed by atoms with Crippen LogP contribution in [0.2, 0.25) is 13.0 Å². The Bertz CT molecular complexity index is 1030. The standard InChI is InChI=1S/C13H9.C6H10.C5H5.2CH3.Hf/c1-3-7-12-10(5-1)9-11-6-2-4-8-13(11)12;1-3-5-6-4-2;1-2-4-5-3-1;;;/h1-5,7-8H,9H2;3H,1,5-6H2,2H3;1-5H;2*1H3;. The molecule has 2 aromatic carbocycles. The Hall–Kier alpha value is -1.60. The minimum absolute atomic E-state index is 0.585. The average molecular weight is 521 g/mol. The van der Waals surface area contributed by atoms with Gasteiger partial charge in [0.15, 0.2) is 0 Å². The summed E-state index contributed by atoms with van der Waals surface area (Å²) in [6.45, 7) is 6.42. The molecule has 0 heterocycles. The molecule has 0 fully saturated rings. The van der Waals surface area contributed by atoms with Gasteiger partial charge in [0.25, 0.3) is 0 Å². The first-order valence-electron chi connectivity index (χ1n) is 10.2. The third kappa shape index (κ3) is 2.78. The van der Waals surface area contributed by atoms with E-state index in [9.17, 15) is 0 Å². The van der Waals surface area contributed by atoms with Gasteiger partial charge >= 0.3 is 165 Å². The molecule has 0 unspecified atom stereocenters. The molecular weight excluding hydrogens is 491 g/mol. The van der Waals surface area contributed by atoms with Crippen molar-refractivity contribution < 1.29 is 18.0 Å². The van der Waals surface area contributed by atoms with Gasteiger partial charge in [-0.1, -0.05) is 0 Å². The molecule has 2 aliphatic rings. The van der Waals surface area contributed by atoms with Crippen LogP contribution in [0.15, 0.2) is 79.4 Å².